The summed E-state index contributed by atoms with van der Waals surface area (Å²) < 4.78 is 2.52. The van der Waals surface area contributed by atoms with Gasteiger partial charge in [-0.2, -0.15) is 0 Å². The molecule has 1 saturated heterocycles. The van der Waals surface area contributed by atoms with Crippen LogP contribution >= 0.6 is 12.4 Å². The lowest BCUT2D eigenvalue weighted by atomic mass is 10.00. The van der Waals surface area contributed by atoms with E-state index in [0.717, 1.165) is 64.6 Å². The van der Waals surface area contributed by atoms with Gasteiger partial charge in [-0.05, 0) is 62.6 Å². The first-order valence-corrected chi connectivity index (χ1v) is 13.7. The van der Waals surface area contributed by atoms with Crippen LogP contribution in [0.3, 0.4) is 0 Å². The average Bonchev–Trinajstić information content (AvgIpc) is 3.14. The molecular formula is C32H40ClN5. The van der Waals surface area contributed by atoms with Gasteiger partial charge in [0, 0.05) is 63.4 Å². The van der Waals surface area contributed by atoms with Crippen LogP contribution in [0.2, 0.25) is 0 Å². The quantitative estimate of drug-likeness (QED) is 0.329. The molecule has 5 nitrogen and oxygen atoms in total. The molecule has 0 amide bonds. The van der Waals surface area contributed by atoms with Crippen LogP contribution in [-0.4, -0.2) is 59.1 Å². The zero-order valence-corrected chi connectivity index (χ0v) is 24.0. The number of nitrogens with zero attached hydrogens (tertiary/aromatic N) is 5. The fourth-order valence-electron chi connectivity index (χ4n) is 6.10. The number of aryl methyl sites for hydroxylation is 2. The van der Waals surface area contributed by atoms with Gasteiger partial charge in [-0.15, -0.1) is 12.4 Å². The molecule has 0 saturated carbocycles. The molecule has 1 fully saturated rings. The van der Waals surface area contributed by atoms with Crippen LogP contribution in [0.5, 0.6) is 0 Å². The summed E-state index contributed by atoms with van der Waals surface area (Å²) in [5, 5.41) is 1.36. The summed E-state index contributed by atoms with van der Waals surface area (Å²) in [7, 11) is 2.22. The molecule has 2 aliphatic heterocycles. The zero-order valence-electron chi connectivity index (χ0n) is 23.2. The highest BCUT2D eigenvalue weighted by Gasteiger charge is 2.25. The molecule has 0 bridgehead atoms. The molecule has 6 heteroatoms. The molecule has 0 radical (unpaired) electrons. The Morgan fingerprint density at radius 3 is 2.34 bits per heavy atom. The Hall–Kier alpha value is -2.86. The van der Waals surface area contributed by atoms with Crippen LogP contribution in [0.4, 0.5) is 5.82 Å². The number of likely N-dealkylation sites (N-methyl/N-ethyl adjacent to an activating group) is 1. The molecule has 0 aliphatic carbocycles. The second-order valence-electron chi connectivity index (χ2n) is 11.1. The Morgan fingerprint density at radius 1 is 0.816 bits per heavy atom. The zero-order chi connectivity index (χ0) is 25.5. The summed E-state index contributed by atoms with van der Waals surface area (Å²) in [6, 6.07) is 20.2. The minimum atomic E-state index is 0. The third-order valence-electron chi connectivity index (χ3n) is 8.48. The van der Waals surface area contributed by atoms with E-state index in [1.54, 1.807) is 0 Å². The number of fused-ring (bicyclic) bond motifs is 2. The lowest BCUT2D eigenvalue weighted by Gasteiger charge is -2.33. The predicted octanol–water partition coefficient (Wildman–Crippen LogP) is 5.74. The van der Waals surface area contributed by atoms with Gasteiger partial charge < -0.3 is 14.4 Å². The maximum absolute atomic E-state index is 5.43. The Bertz CT molecular complexity index is 1430. The van der Waals surface area contributed by atoms with E-state index in [-0.39, 0.29) is 12.4 Å². The number of piperazine rings is 1. The Kier molecular flexibility index (Phi) is 7.80. The molecule has 6 rings (SSSR count). The third-order valence-corrected chi connectivity index (χ3v) is 8.48. The maximum atomic E-state index is 5.43. The van der Waals surface area contributed by atoms with Gasteiger partial charge in [0.15, 0.2) is 5.82 Å². The van der Waals surface area contributed by atoms with Crippen molar-refractivity contribution in [3.63, 3.8) is 0 Å². The van der Waals surface area contributed by atoms with Gasteiger partial charge in [-0.25, -0.2) is 4.98 Å². The standard InChI is InChI=1S/C32H39N5.ClH/c1-23-8-7-9-26(18-23)20-37-25(3)24(2)30-19-29(22-35-16-14-34(4)15-17-35)33-32(31(30)37)36-13-12-27-10-5-6-11-28(27)21-36;/h5-11,18-19H,12-17,20-22H2,1-4H3;1H. The molecule has 38 heavy (non-hydrogen) atoms. The number of aromatic nitrogens is 2. The van der Waals surface area contributed by atoms with Crippen LogP contribution in [0.25, 0.3) is 10.9 Å². The number of hydrogen-bond acceptors (Lipinski definition) is 4. The lowest BCUT2D eigenvalue weighted by molar-refractivity contribution is 0.147. The van der Waals surface area contributed by atoms with Gasteiger partial charge in [0.25, 0.3) is 0 Å². The first-order valence-electron chi connectivity index (χ1n) is 13.7. The molecular weight excluding hydrogens is 490 g/mol. The summed E-state index contributed by atoms with van der Waals surface area (Å²) in [6.45, 7) is 14.9. The van der Waals surface area contributed by atoms with Crippen LogP contribution in [-0.2, 0) is 26.1 Å². The summed E-state index contributed by atoms with van der Waals surface area (Å²) in [4.78, 5) is 13.0. The highest BCUT2D eigenvalue weighted by molar-refractivity contribution is 5.94. The van der Waals surface area contributed by atoms with Gasteiger partial charge in [0.2, 0.25) is 0 Å². The van der Waals surface area contributed by atoms with Gasteiger partial charge in [0.05, 0.1) is 11.2 Å². The number of rotatable bonds is 5. The van der Waals surface area contributed by atoms with Crippen molar-refractivity contribution in [3.8, 4) is 0 Å². The molecule has 4 heterocycles. The van der Waals surface area contributed by atoms with Crippen molar-refractivity contribution in [1.82, 2.24) is 19.4 Å². The highest BCUT2D eigenvalue weighted by atomic mass is 35.5. The molecule has 4 aromatic rings. The van der Waals surface area contributed by atoms with Crippen molar-refractivity contribution in [2.75, 3.05) is 44.7 Å². The molecule has 2 aromatic heterocycles. The molecule has 200 valence electrons. The largest absolute Gasteiger partial charge is 0.350 e. The van der Waals surface area contributed by atoms with Gasteiger partial charge in [-0.1, -0.05) is 54.1 Å². The topological polar surface area (TPSA) is 27.5 Å². The Labute approximate surface area is 233 Å². The minimum absolute atomic E-state index is 0. The van der Waals surface area contributed by atoms with Crippen LogP contribution in [0.15, 0.2) is 54.6 Å². The number of halogens is 1. The van der Waals surface area contributed by atoms with Gasteiger partial charge in [-0.3, -0.25) is 4.90 Å². The average molecular weight is 530 g/mol. The number of pyridine rings is 1. The van der Waals surface area contributed by atoms with E-state index < -0.39 is 0 Å². The van der Waals surface area contributed by atoms with Crippen molar-refractivity contribution in [2.45, 2.75) is 46.8 Å². The SMILES string of the molecule is Cc1cccc(Cn2c(C)c(C)c3cc(CN4CCN(C)CC4)nc(N4CCc5ccccc5C4)c32)c1.Cl. The number of benzene rings is 2. The lowest BCUT2D eigenvalue weighted by Crippen LogP contribution is -2.44. The molecule has 0 spiro atoms. The van der Waals surface area contributed by atoms with Gasteiger partial charge >= 0.3 is 0 Å². The molecule has 2 aromatic carbocycles. The smallest absolute Gasteiger partial charge is 0.153 e. The van der Waals surface area contributed by atoms with Gasteiger partial charge in [0.1, 0.15) is 0 Å². The Balaban J connectivity index is 0.00000294. The van der Waals surface area contributed by atoms with E-state index in [1.807, 2.05) is 0 Å². The van der Waals surface area contributed by atoms with E-state index >= 15 is 0 Å². The van der Waals surface area contributed by atoms with Crippen LogP contribution in [0.1, 0.15) is 39.2 Å². The van der Waals surface area contributed by atoms with E-state index in [1.165, 1.54) is 50.1 Å². The van der Waals surface area contributed by atoms with Crippen LogP contribution in [0, 0.1) is 20.8 Å². The molecule has 0 N–H and O–H groups in total. The summed E-state index contributed by atoms with van der Waals surface area (Å²) >= 11 is 0. The van der Waals surface area contributed by atoms with Crippen molar-refractivity contribution in [1.29, 1.82) is 0 Å². The third kappa shape index (κ3) is 5.20. The summed E-state index contributed by atoms with van der Waals surface area (Å²) in [6.07, 6.45) is 1.07. The normalized spacial score (nSPS) is 16.5. The first-order chi connectivity index (χ1) is 18.0. The summed E-state index contributed by atoms with van der Waals surface area (Å²) in [5.41, 5.74) is 10.8. The van der Waals surface area contributed by atoms with Crippen molar-refractivity contribution in [3.05, 3.63) is 93.8 Å². The molecule has 2 aliphatic rings. The van der Waals surface area contributed by atoms with E-state index in [4.69, 9.17) is 4.98 Å². The number of anilines is 1. The first kappa shape index (κ1) is 26.7. The second kappa shape index (κ2) is 11.1. The predicted molar refractivity (Wildman–Crippen MR) is 161 cm³/mol. The number of hydrogen-bond donors (Lipinski definition) is 0. The molecule has 0 unspecified atom stereocenters. The van der Waals surface area contributed by atoms with Crippen LogP contribution < -0.4 is 4.90 Å². The fraction of sp³-hybridized carbons (Fsp3) is 0.406. The van der Waals surface area contributed by atoms with Crippen molar-refractivity contribution < 1.29 is 0 Å². The summed E-state index contributed by atoms with van der Waals surface area (Å²) in [5.74, 6) is 1.15. The molecule has 0 atom stereocenters. The van der Waals surface area contributed by atoms with E-state index in [2.05, 4.69) is 102 Å². The highest BCUT2D eigenvalue weighted by Crippen LogP contribution is 2.35. The Morgan fingerprint density at radius 2 is 1.58 bits per heavy atom. The van der Waals surface area contributed by atoms with Crippen molar-refractivity contribution in [2.24, 2.45) is 0 Å². The second-order valence-corrected chi connectivity index (χ2v) is 11.1. The minimum Gasteiger partial charge on any atom is -0.350 e. The van der Waals surface area contributed by atoms with E-state index in [0.29, 0.717) is 0 Å². The van der Waals surface area contributed by atoms with Crippen molar-refractivity contribution >= 4 is 29.1 Å². The fourth-order valence-corrected chi connectivity index (χ4v) is 6.10. The maximum Gasteiger partial charge on any atom is 0.153 e. The monoisotopic (exact) mass is 529 g/mol. The van der Waals surface area contributed by atoms with E-state index in [9.17, 15) is 0 Å².